The fraction of sp³-hybridized carbons (Fsp3) is 0.913. The van der Waals surface area contributed by atoms with Gasteiger partial charge in [-0.2, -0.15) is 0 Å². The van der Waals surface area contributed by atoms with Crippen LogP contribution in [0.5, 0.6) is 0 Å². The highest BCUT2D eigenvalue weighted by molar-refractivity contribution is 5.78. The SMILES string of the molecule is CC(=O)N[C@@H]1[C@@H](O)[C@@H](O[C@H]2[C@@H](O)[C@@H](CO)O[C@@H](O[C@@H]3[C@H](O)[C@@H](O)[C@H](O[C@H]4[C@H](O)[C@@H](O)[C@@H](O[C@@H]5O[C@H](CO)[C@H](O[C@@H]6[C@H](O)[C@@H](NC(C)=O)[C@H]([C@H](O)[C@H](O)CO)O[C@]6(O)C(=O)O)[C@H](O)[C@H]5O)O[C@@H]4CO)O[C@@H]3CO)[C@@H]2O)[C@@](O)(C(=O)O)O[C@H]1[C@H](O)[C@H](O)CO. The first-order chi connectivity index (χ1) is 40.7. The molecule has 0 bridgehead atoms. The first kappa shape index (κ1) is 72.6. The summed E-state index contributed by atoms with van der Waals surface area (Å²) in [5.41, 5.74) is 0. The molecule has 87 heavy (non-hydrogen) atoms. The van der Waals surface area contributed by atoms with Crippen molar-refractivity contribution in [3.8, 4) is 0 Å². The number of amides is 2. The summed E-state index contributed by atoms with van der Waals surface area (Å²) in [5.74, 6) is -14.2. The van der Waals surface area contributed by atoms with Gasteiger partial charge in [-0.05, 0) is 0 Å². The lowest BCUT2D eigenvalue weighted by atomic mass is 9.86. The molecule has 6 fully saturated rings. The van der Waals surface area contributed by atoms with E-state index in [1.165, 1.54) is 0 Å². The molecule has 0 spiro atoms. The molecule has 6 rings (SSSR count). The summed E-state index contributed by atoms with van der Waals surface area (Å²) < 4.78 is 60.5. The number of nitrogens with one attached hydrogen (secondary N) is 2. The van der Waals surface area contributed by atoms with Crippen molar-refractivity contribution in [1.29, 1.82) is 0 Å². The molecule has 41 nitrogen and oxygen atoms in total. The molecule has 6 saturated heterocycles. The van der Waals surface area contributed by atoms with Crippen molar-refractivity contribution >= 4 is 23.8 Å². The van der Waals surface area contributed by atoms with Gasteiger partial charge in [0.25, 0.3) is 11.6 Å². The molecule has 0 aromatic rings. The maximum atomic E-state index is 12.6. The minimum atomic E-state index is -3.80. The quantitative estimate of drug-likeness (QED) is 0.0427. The number of ether oxygens (including phenoxy) is 11. The van der Waals surface area contributed by atoms with Crippen LogP contribution in [0, 0.1) is 0 Å². The van der Waals surface area contributed by atoms with Gasteiger partial charge in [0.1, 0.15) is 146 Å². The zero-order chi connectivity index (χ0) is 65.2. The minimum absolute atomic E-state index is 0.884. The van der Waals surface area contributed by atoms with Crippen LogP contribution >= 0.6 is 0 Å². The van der Waals surface area contributed by atoms with Crippen LogP contribution in [0.15, 0.2) is 0 Å². The van der Waals surface area contributed by atoms with Crippen molar-refractivity contribution in [1.82, 2.24) is 10.6 Å². The third-order valence-electron chi connectivity index (χ3n) is 15.4. The first-order valence-corrected chi connectivity index (χ1v) is 26.6. The van der Waals surface area contributed by atoms with E-state index in [-0.39, 0.29) is 0 Å². The smallest absolute Gasteiger partial charge is 0.367 e. The predicted octanol–water partition coefficient (Wildman–Crippen LogP) is -17.5. The summed E-state index contributed by atoms with van der Waals surface area (Å²) in [6.07, 6.45) is -68.0. The van der Waals surface area contributed by atoms with E-state index in [1.54, 1.807) is 0 Å². The molecule has 6 heterocycles. The van der Waals surface area contributed by atoms with Gasteiger partial charge in [0, 0.05) is 13.8 Å². The molecule has 0 aliphatic carbocycles. The number of aliphatic hydroxyl groups excluding tert-OH is 20. The van der Waals surface area contributed by atoms with Gasteiger partial charge in [-0.15, -0.1) is 0 Å². The third kappa shape index (κ3) is 14.8. The predicted molar refractivity (Wildman–Crippen MR) is 260 cm³/mol. The van der Waals surface area contributed by atoms with E-state index in [2.05, 4.69) is 10.6 Å². The Morgan fingerprint density at radius 1 is 0.414 bits per heavy atom. The fourth-order valence-electron chi connectivity index (χ4n) is 10.7. The van der Waals surface area contributed by atoms with Gasteiger partial charge < -0.3 is 185 Å². The van der Waals surface area contributed by atoms with Crippen LogP contribution in [0.1, 0.15) is 13.8 Å². The number of rotatable bonds is 24. The molecule has 6 aliphatic rings. The molecule has 0 saturated carbocycles. The molecule has 26 N–H and O–H groups in total. The molecule has 0 aromatic heterocycles. The average Bonchev–Trinajstić information content (AvgIpc) is 1.00. The Hall–Kier alpha value is -3.44. The molecule has 6 aliphatic heterocycles. The average molecular weight is 1280 g/mol. The zero-order valence-electron chi connectivity index (χ0n) is 45.6. The van der Waals surface area contributed by atoms with Crippen LogP contribution < -0.4 is 10.6 Å². The molecular weight excluding hydrogens is 1200 g/mol. The Morgan fingerprint density at radius 3 is 1.02 bits per heavy atom. The highest BCUT2D eigenvalue weighted by Gasteiger charge is 2.66. The summed E-state index contributed by atoms with van der Waals surface area (Å²) in [4.78, 5) is 49.4. The van der Waals surface area contributed by atoms with Gasteiger partial charge in [-0.25, -0.2) is 9.59 Å². The van der Waals surface area contributed by atoms with Crippen molar-refractivity contribution in [3.05, 3.63) is 0 Å². The van der Waals surface area contributed by atoms with Crippen molar-refractivity contribution in [2.24, 2.45) is 0 Å². The number of carboxylic acid groups (broad SMARTS) is 2. The second kappa shape index (κ2) is 29.9. The van der Waals surface area contributed by atoms with Crippen LogP contribution in [-0.4, -0.2) is 393 Å². The van der Waals surface area contributed by atoms with E-state index in [0.717, 1.165) is 13.8 Å². The number of carboxylic acids is 2. The van der Waals surface area contributed by atoms with Crippen molar-refractivity contribution in [3.63, 3.8) is 0 Å². The number of carbonyl (C=O) groups is 4. The van der Waals surface area contributed by atoms with Crippen LogP contribution in [0.3, 0.4) is 0 Å². The Labute approximate surface area is 488 Å². The van der Waals surface area contributed by atoms with Crippen LogP contribution in [0.2, 0.25) is 0 Å². The molecular formula is C46H76N2O39. The molecule has 41 heteroatoms. The van der Waals surface area contributed by atoms with E-state index in [4.69, 9.17) is 52.1 Å². The van der Waals surface area contributed by atoms with Crippen LogP contribution in [0.25, 0.3) is 0 Å². The van der Waals surface area contributed by atoms with Gasteiger partial charge in [0.05, 0.1) is 51.7 Å². The maximum Gasteiger partial charge on any atom is 0.367 e. The Balaban J connectivity index is 1.14. The largest absolute Gasteiger partial charge is 0.477 e. The van der Waals surface area contributed by atoms with Gasteiger partial charge in [-0.3, -0.25) is 9.59 Å². The van der Waals surface area contributed by atoms with Gasteiger partial charge >= 0.3 is 11.9 Å². The summed E-state index contributed by atoms with van der Waals surface area (Å²) in [5, 5.41) is 262. The molecule has 2 amide bonds. The van der Waals surface area contributed by atoms with Crippen molar-refractivity contribution in [2.45, 2.75) is 221 Å². The lowest BCUT2D eigenvalue weighted by molar-refractivity contribution is -0.405. The van der Waals surface area contributed by atoms with Crippen LogP contribution in [0.4, 0.5) is 0 Å². The number of hydrogen-bond acceptors (Lipinski definition) is 37. The summed E-state index contributed by atoms with van der Waals surface area (Å²) in [6, 6.07) is -3.96. The Kier molecular flexibility index (Phi) is 24.9. The van der Waals surface area contributed by atoms with Crippen LogP contribution in [-0.2, 0) is 71.3 Å². The standard InChI is InChI=1S/C46H76N2O39/c1-9(55)47-17-22(62)37(45(75,43(71)72)86-34(17)19(59)11(57)3-49)81-31-14(6-52)79-40(28(68)24(31)64)85-41-29(69)26(66)32(16(8-54)80-41)83-39-27(67)25(65)33(15(7-53)78-39)84-42-30(70)36(21(61)13(5-51)77-42)82-38-23(63)18(48-10(2)56)35(20(60)12(58)4-50)87-46(38,76)44(73)74/h11-42,49-54,57-70,75-76H,3-8H2,1-2H3,(H,47,55)(H,48,56)(H,71,72)(H,73,74)/t11-,12-,13-,14-,15-,16-,17-,18-,19-,20-,21+,22-,23-,24-,25-,26-,27-,28-,29-,30-,31+,32-,33+,34-,35-,36+,37-,38-,39+,40+,41-,42+,45+,46+/m1/s1. The lowest BCUT2D eigenvalue weighted by Crippen LogP contribution is -2.75. The fourth-order valence-corrected chi connectivity index (χ4v) is 10.7. The minimum Gasteiger partial charge on any atom is -0.477 e. The summed E-state index contributed by atoms with van der Waals surface area (Å²) >= 11 is 0. The van der Waals surface area contributed by atoms with E-state index in [9.17, 15) is 142 Å². The maximum absolute atomic E-state index is 12.6. The normalized spacial score (nSPS) is 46.8. The van der Waals surface area contributed by atoms with E-state index >= 15 is 0 Å². The highest BCUT2D eigenvalue weighted by atomic mass is 16.8. The number of aliphatic carboxylic acids is 2. The lowest BCUT2D eigenvalue weighted by Gasteiger charge is -2.51. The molecule has 0 unspecified atom stereocenters. The number of aliphatic hydroxyl groups is 22. The van der Waals surface area contributed by atoms with E-state index < -0.39 is 271 Å². The topological polar surface area (TPSA) is 679 Å². The van der Waals surface area contributed by atoms with E-state index in [1.807, 2.05) is 0 Å². The zero-order valence-corrected chi connectivity index (χ0v) is 45.6. The monoisotopic (exact) mass is 1280 g/mol. The molecule has 0 aromatic carbocycles. The van der Waals surface area contributed by atoms with Crippen molar-refractivity contribution in [2.75, 3.05) is 39.6 Å². The first-order valence-electron chi connectivity index (χ1n) is 26.6. The second-order valence-corrected chi connectivity index (χ2v) is 21.3. The number of hydrogen-bond donors (Lipinski definition) is 26. The Bertz CT molecular complexity index is 2260. The molecule has 34 atom stereocenters. The number of carbonyl (C=O) groups excluding carboxylic acids is 2. The highest BCUT2D eigenvalue weighted by Crippen LogP contribution is 2.40. The summed E-state index contributed by atoms with van der Waals surface area (Å²) in [6.45, 7) is -5.36. The van der Waals surface area contributed by atoms with E-state index in [0.29, 0.717) is 0 Å². The van der Waals surface area contributed by atoms with Crippen molar-refractivity contribution < 1.29 is 194 Å². The summed E-state index contributed by atoms with van der Waals surface area (Å²) in [7, 11) is 0. The Morgan fingerprint density at radius 2 is 0.713 bits per heavy atom. The third-order valence-corrected chi connectivity index (χ3v) is 15.4. The van der Waals surface area contributed by atoms with Gasteiger partial charge in [-0.1, -0.05) is 0 Å². The molecule has 0 radical (unpaired) electrons. The molecule has 504 valence electrons. The van der Waals surface area contributed by atoms with Gasteiger partial charge in [0.15, 0.2) is 37.4 Å². The van der Waals surface area contributed by atoms with Gasteiger partial charge in [0.2, 0.25) is 11.8 Å². The second-order valence-electron chi connectivity index (χ2n) is 21.3.